The summed E-state index contributed by atoms with van der Waals surface area (Å²) in [5.74, 6) is 1.37. The van der Waals surface area contributed by atoms with Gasteiger partial charge in [-0.25, -0.2) is 0 Å². The Labute approximate surface area is 147 Å². The molecule has 2 aromatic heterocycles. The molecular formula is C18H27N3O2S. The number of likely N-dealkylation sites (tertiary alicyclic amines) is 1. The molecule has 1 saturated heterocycles. The number of thiophene rings is 1. The molecule has 2 unspecified atom stereocenters. The second-order valence-corrected chi connectivity index (χ2v) is 7.60. The second-order valence-electron chi connectivity index (χ2n) is 6.62. The first-order valence-corrected chi connectivity index (χ1v) is 9.85. The van der Waals surface area contributed by atoms with Gasteiger partial charge in [0.15, 0.2) is 0 Å². The quantitative estimate of drug-likeness (QED) is 0.825. The molecule has 2 atom stereocenters. The first-order valence-electron chi connectivity index (χ1n) is 8.97. The van der Waals surface area contributed by atoms with Gasteiger partial charge in [-0.2, -0.15) is 0 Å². The van der Waals surface area contributed by atoms with Crippen LogP contribution in [0.3, 0.4) is 0 Å². The van der Waals surface area contributed by atoms with Crippen LogP contribution >= 0.6 is 11.3 Å². The third kappa shape index (κ3) is 4.88. The SMILES string of the molecule is Cc1nnc(CCCN2CCCCCC2CC(O)c2cccs2)o1. The number of aryl methyl sites for hydroxylation is 2. The van der Waals surface area contributed by atoms with E-state index in [9.17, 15) is 5.11 Å². The third-order valence-corrected chi connectivity index (χ3v) is 5.74. The number of rotatable bonds is 7. The Hall–Kier alpha value is -1.24. The molecule has 0 radical (unpaired) electrons. The fraction of sp³-hybridized carbons (Fsp3) is 0.667. The van der Waals surface area contributed by atoms with Gasteiger partial charge in [0.05, 0.1) is 6.10 Å². The van der Waals surface area contributed by atoms with Crippen molar-refractivity contribution in [2.45, 2.75) is 64.0 Å². The zero-order valence-corrected chi connectivity index (χ0v) is 15.2. The van der Waals surface area contributed by atoms with Crippen LogP contribution in [-0.2, 0) is 6.42 Å². The molecule has 6 heteroatoms. The molecule has 0 aliphatic carbocycles. The molecule has 1 N–H and O–H groups in total. The molecule has 1 aliphatic rings. The maximum Gasteiger partial charge on any atom is 0.216 e. The van der Waals surface area contributed by atoms with Crippen molar-refractivity contribution in [1.82, 2.24) is 15.1 Å². The maximum absolute atomic E-state index is 10.5. The highest BCUT2D eigenvalue weighted by Gasteiger charge is 2.24. The zero-order valence-electron chi connectivity index (χ0n) is 14.4. The molecule has 0 aromatic carbocycles. The van der Waals surface area contributed by atoms with Gasteiger partial charge in [0.2, 0.25) is 11.8 Å². The minimum atomic E-state index is -0.339. The van der Waals surface area contributed by atoms with Crippen molar-refractivity contribution in [1.29, 1.82) is 0 Å². The average Bonchev–Trinajstić information content (AvgIpc) is 3.19. The van der Waals surface area contributed by atoms with Crippen molar-refractivity contribution in [2.24, 2.45) is 0 Å². The molecule has 2 aromatic rings. The van der Waals surface area contributed by atoms with E-state index < -0.39 is 0 Å². The van der Waals surface area contributed by atoms with Gasteiger partial charge < -0.3 is 14.4 Å². The van der Waals surface area contributed by atoms with Crippen molar-refractivity contribution in [2.75, 3.05) is 13.1 Å². The van der Waals surface area contributed by atoms with Crippen LogP contribution in [0.25, 0.3) is 0 Å². The highest BCUT2D eigenvalue weighted by Crippen LogP contribution is 2.28. The van der Waals surface area contributed by atoms with E-state index in [2.05, 4.69) is 15.1 Å². The number of nitrogens with zero attached hydrogens (tertiary/aromatic N) is 3. The van der Waals surface area contributed by atoms with E-state index in [1.807, 2.05) is 24.4 Å². The fourth-order valence-electron chi connectivity index (χ4n) is 3.52. The third-order valence-electron chi connectivity index (χ3n) is 4.77. The van der Waals surface area contributed by atoms with Crippen LogP contribution in [0.2, 0.25) is 0 Å². The molecule has 132 valence electrons. The first-order chi connectivity index (χ1) is 11.7. The van der Waals surface area contributed by atoms with Crippen molar-refractivity contribution < 1.29 is 9.52 Å². The van der Waals surface area contributed by atoms with Gasteiger partial charge in [-0.15, -0.1) is 21.5 Å². The number of aromatic nitrogens is 2. The average molecular weight is 350 g/mol. The summed E-state index contributed by atoms with van der Waals surface area (Å²) in [6.07, 6.45) is 7.35. The number of aliphatic hydroxyl groups is 1. The van der Waals surface area contributed by atoms with Gasteiger partial charge in [0.25, 0.3) is 0 Å². The lowest BCUT2D eigenvalue weighted by atomic mass is 10.0. The van der Waals surface area contributed by atoms with Gasteiger partial charge in [-0.05, 0) is 50.2 Å². The van der Waals surface area contributed by atoms with Gasteiger partial charge in [0, 0.05) is 24.3 Å². The summed E-state index contributed by atoms with van der Waals surface area (Å²) in [7, 11) is 0. The minimum Gasteiger partial charge on any atom is -0.426 e. The van der Waals surface area contributed by atoms with E-state index in [1.54, 1.807) is 11.3 Å². The summed E-state index contributed by atoms with van der Waals surface area (Å²) in [4.78, 5) is 3.65. The highest BCUT2D eigenvalue weighted by molar-refractivity contribution is 7.10. The molecule has 3 rings (SSSR count). The number of hydrogen-bond donors (Lipinski definition) is 1. The van der Waals surface area contributed by atoms with Crippen molar-refractivity contribution in [3.63, 3.8) is 0 Å². The van der Waals surface area contributed by atoms with Crippen LogP contribution < -0.4 is 0 Å². The predicted octanol–water partition coefficient (Wildman–Crippen LogP) is 3.74. The molecule has 0 saturated carbocycles. The number of hydrogen-bond acceptors (Lipinski definition) is 6. The van der Waals surface area contributed by atoms with Crippen LogP contribution in [0, 0.1) is 6.92 Å². The van der Waals surface area contributed by atoms with E-state index in [1.165, 1.54) is 25.7 Å². The smallest absolute Gasteiger partial charge is 0.216 e. The van der Waals surface area contributed by atoms with Crippen LogP contribution in [-0.4, -0.2) is 39.3 Å². The topological polar surface area (TPSA) is 62.4 Å². The number of aliphatic hydroxyl groups excluding tert-OH is 1. The van der Waals surface area contributed by atoms with Gasteiger partial charge >= 0.3 is 0 Å². The van der Waals surface area contributed by atoms with Crippen molar-refractivity contribution >= 4 is 11.3 Å². The predicted molar refractivity (Wildman–Crippen MR) is 95.1 cm³/mol. The van der Waals surface area contributed by atoms with Crippen LogP contribution in [0.1, 0.15) is 61.3 Å². The first kappa shape index (κ1) is 17.6. The summed E-state index contributed by atoms with van der Waals surface area (Å²) in [6.45, 7) is 3.99. The lowest BCUT2D eigenvalue weighted by molar-refractivity contribution is 0.103. The van der Waals surface area contributed by atoms with E-state index >= 15 is 0 Å². The van der Waals surface area contributed by atoms with Crippen molar-refractivity contribution in [3.8, 4) is 0 Å². The summed E-state index contributed by atoms with van der Waals surface area (Å²) in [6, 6.07) is 4.52. The maximum atomic E-state index is 10.5. The largest absolute Gasteiger partial charge is 0.426 e. The molecule has 0 spiro atoms. The summed E-state index contributed by atoms with van der Waals surface area (Å²) < 4.78 is 5.46. The fourth-order valence-corrected chi connectivity index (χ4v) is 4.25. The molecule has 0 amide bonds. The summed E-state index contributed by atoms with van der Waals surface area (Å²) in [5, 5.41) is 20.5. The Morgan fingerprint density at radius 2 is 2.29 bits per heavy atom. The van der Waals surface area contributed by atoms with Gasteiger partial charge in [-0.3, -0.25) is 0 Å². The Morgan fingerprint density at radius 1 is 1.38 bits per heavy atom. The molecule has 1 fully saturated rings. The highest BCUT2D eigenvalue weighted by atomic mass is 32.1. The van der Waals surface area contributed by atoms with Crippen LogP contribution in [0.15, 0.2) is 21.9 Å². The Bertz CT molecular complexity index is 599. The van der Waals surface area contributed by atoms with E-state index in [0.29, 0.717) is 11.9 Å². The van der Waals surface area contributed by atoms with E-state index in [0.717, 1.165) is 43.1 Å². The molecule has 24 heavy (non-hydrogen) atoms. The molecule has 3 heterocycles. The summed E-state index contributed by atoms with van der Waals surface area (Å²) >= 11 is 1.65. The Balaban J connectivity index is 1.53. The monoisotopic (exact) mass is 349 g/mol. The van der Waals surface area contributed by atoms with Crippen LogP contribution in [0.4, 0.5) is 0 Å². The summed E-state index contributed by atoms with van der Waals surface area (Å²) in [5.41, 5.74) is 0. The Kier molecular flexibility index (Phi) is 6.40. The Morgan fingerprint density at radius 3 is 3.04 bits per heavy atom. The standard InChI is InChI=1S/C18H27N3O2S/c1-14-19-20-18(23-14)9-5-11-21-10-4-2-3-7-15(21)13-16(22)17-8-6-12-24-17/h6,8,12,15-16,22H,2-5,7,9-11,13H2,1H3. The van der Waals surface area contributed by atoms with E-state index in [-0.39, 0.29) is 6.10 Å². The van der Waals surface area contributed by atoms with Gasteiger partial charge in [0.1, 0.15) is 0 Å². The van der Waals surface area contributed by atoms with E-state index in [4.69, 9.17) is 4.42 Å². The van der Waals surface area contributed by atoms with Gasteiger partial charge in [-0.1, -0.05) is 18.9 Å². The van der Waals surface area contributed by atoms with Crippen molar-refractivity contribution in [3.05, 3.63) is 34.2 Å². The molecule has 1 aliphatic heterocycles. The lowest BCUT2D eigenvalue weighted by Gasteiger charge is -2.31. The normalized spacial score (nSPS) is 20.8. The molecule has 5 nitrogen and oxygen atoms in total. The molecule has 0 bridgehead atoms. The second kappa shape index (κ2) is 8.74. The van der Waals surface area contributed by atoms with Crippen LogP contribution in [0.5, 0.6) is 0 Å². The molecular weight excluding hydrogens is 322 g/mol. The zero-order chi connectivity index (χ0) is 16.8. The lowest BCUT2D eigenvalue weighted by Crippen LogP contribution is -2.37. The minimum absolute atomic E-state index is 0.339.